The van der Waals surface area contributed by atoms with Crippen molar-refractivity contribution < 1.29 is 9.21 Å². The van der Waals surface area contributed by atoms with Gasteiger partial charge in [0.15, 0.2) is 0 Å². The van der Waals surface area contributed by atoms with Gasteiger partial charge in [0.25, 0.3) is 0 Å². The maximum atomic E-state index is 12.8. The van der Waals surface area contributed by atoms with Crippen LogP contribution in [0, 0.1) is 23.2 Å². The Hall–Kier alpha value is -1.59. The highest BCUT2D eigenvalue weighted by atomic mass is 32.1. The van der Waals surface area contributed by atoms with E-state index in [4.69, 9.17) is 4.42 Å². The molecule has 1 amide bonds. The second-order valence-corrected chi connectivity index (χ2v) is 10.5. The van der Waals surface area contributed by atoms with E-state index in [0.29, 0.717) is 18.5 Å². The Kier molecular flexibility index (Phi) is 5.06. The predicted octanol–water partition coefficient (Wildman–Crippen LogP) is 4.68. The van der Waals surface area contributed by atoms with Gasteiger partial charge < -0.3 is 9.73 Å². The molecule has 4 saturated carbocycles. The summed E-state index contributed by atoms with van der Waals surface area (Å²) in [6.45, 7) is 2.74. The Labute approximate surface area is 171 Å². The van der Waals surface area contributed by atoms with E-state index in [1.807, 2.05) is 12.1 Å². The highest BCUT2D eigenvalue weighted by molar-refractivity contribution is 7.09. The van der Waals surface area contributed by atoms with E-state index < -0.39 is 0 Å². The van der Waals surface area contributed by atoms with Gasteiger partial charge in [-0.15, -0.1) is 11.3 Å². The molecule has 150 valence electrons. The van der Waals surface area contributed by atoms with Gasteiger partial charge in [0.05, 0.1) is 19.4 Å². The molecule has 1 N–H and O–H groups in total. The molecule has 4 aliphatic carbocycles. The molecular formula is C23H30N2O2S. The predicted molar refractivity (Wildman–Crippen MR) is 111 cm³/mol. The summed E-state index contributed by atoms with van der Waals surface area (Å²) in [5.74, 6) is 3.84. The maximum Gasteiger partial charge on any atom is 0.234 e. The van der Waals surface area contributed by atoms with Crippen molar-refractivity contribution in [3.05, 3.63) is 46.5 Å². The summed E-state index contributed by atoms with van der Waals surface area (Å²) in [7, 11) is 0. The van der Waals surface area contributed by atoms with Crippen LogP contribution in [0.4, 0.5) is 0 Å². The Morgan fingerprint density at radius 2 is 1.86 bits per heavy atom. The van der Waals surface area contributed by atoms with Gasteiger partial charge in [-0.25, -0.2) is 0 Å². The third-order valence-electron chi connectivity index (χ3n) is 7.11. The molecule has 4 nitrogen and oxygen atoms in total. The second kappa shape index (κ2) is 7.68. The summed E-state index contributed by atoms with van der Waals surface area (Å²) >= 11 is 1.74. The molecule has 5 heteroatoms. The fourth-order valence-corrected chi connectivity index (χ4v) is 7.21. The zero-order valence-electron chi connectivity index (χ0n) is 16.4. The number of rotatable bonds is 8. The monoisotopic (exact) mass is 398 g/mol. The normalized spacial score (nSPS) is 30.8. The summed E-state index contributed by atoms with van der Waals surface area (Å²) in [6.07, 6.45) is 10.1. The Bertz CT molecular complexity index is 712. The quantitative estimate of drug-likeness (QED) is 0.702. The molecular weight excluding hydrogens is 368 g/mol. The van der Waals surface area contributed by atoms with Crippen molar-refractivity contribution in [3.8, 4) is 0 Å². The lowest BCUT2D eigenvalue weighted by Crippen LogP contribution is -2.52. The van der Waals surface area contributed by atoms with Gasteiger partial charge in [0, 0.05) is 18.0 Å². The summed E-state index contributed by atoms with van der Waals surface area (Å²) in [6, 6.07) is 8.09. The van der Waals surface area contributed by atoms with E-state index in [2.05, 4.69) is 27.7 Å². The van der Waals surface area contributed by atoms with Crippen molar-refractivity contribution in [1.29, 1.82) is 0 Å². The lowest BCUT2D eigenvalue weighted by molar-refractivity contribution is -0.124. The van der Waals surface area contributed by atoms with Crippen molar-refractivity contribution >= 4 is 17.2 Å². The topological polar surface area (TPSA) is 45.5 Å². The van der Waals surface area contributed by atoms with Crippen LogP contribution in [0.5, 0.6) is 0 Å². The first-order chi connectivity index (χ1) is 13.7. The van der Waals surface area contributed by atoms with Gasteiger partial charge in [0.1, 0.15) is 5.76 Å². The molecule has 0 atom stereocenters. The number of nitrogens with one attached hydrogen (secondary N) is 1. The van der Waals surface area contributed by atoms with Crippen LogP contribution in [0.15, 0.2) is 40.3 Å². The molecule has 2 aromatic rings. The molecule has 0 saturated heterocycles. The number of carbonyl (C=O) groups excluding carboxylic acids is 1. The van der Waals surface area contributed by atoms with Crippen molar-refractivity contribution in [2.24, 2.45) is 23.2 Å². The van der Waals surface area contributed by atoms with Crippen LogP contribution in [-0.2, 0) is 17.9 Å². The van der Waals surface area contributed by atoms with Crippen molar-refractivity contribution in [2.75, 3.05) is 13.1 Å². The number of hydrogen-bond donors (Lipinski definition) is 1. The Balaban J connectivity index is 1.19. The van der Waals surface area contributed by atoms with Gasteiger partial charge >= 0.3 is 0 Å². The second-order valence-electron chi connectivity index (χ2n) is 9.50. The van der Waals surface area contributed by atoms with Gasteiger partial charge in [-0.3, -0.25) is 9.69 Å². The number of thiophene rings is 1. The van der Waals surface area contributed by atoms with E-state index in [-0.39, 0.29) is 5.91 Å². The zero-order chi connectivity index (χ0) is 19.0. The molecule has 2 heterocycles. The Morgan fingerprint density at radius 1 is 1.11 bits per heavy atom. The molecule has 0 unspecified atom stereocenters. The number of carbonyl (C=O) groups is 1. The first-order valence-corrected chi connectivity index (χ1v) is 11.6. The van der Waals surface area contributed by atoms with Crippen LogP contribution in [0.2, 0.25) is 0 Å². The average Bonchev–Trinajstić information content (AvgIpc) is 3.33. The molecule has 28 heavy (non-hydrogen) atoms. The highest BCUT2D eigenvalue weighted by Gasteiger charge is 2.50. The van der Waals surface area contributed by atoms with E-state index in [0.717, 1.165) is 36.6 Å². The molecule has 0 radical (unpaired) electrons. The van der Waals surface area contributed by atoms with E-state index in [9.17, 15) is 4.79 Å². The minimum absolute atomic E-state index is 0.152. The summed E-state index contributed by atoms with van der Waals surface area (Å²) in [5, 5.41) is 5.41. The molecule has 4 aliphatic rings. The lowest BCUT2D eigenvalue weighted by Gasteiger charge is -2.56. The zero-order valence-corrected chi connectivity index (χ0v) is 17.3. The smallest absolute Gasteiger partial charge is 0.234 e. The molecule has 6 rings (SSSR count). The number of hydrogen-bond acceptors (Lipinski definition) is 4. The number of nitrogens with zero attached hydrogens (tertiary/aromatic N) is 1. The molecule has 0 aromatic carbocycles. The summed E-state index contributed by atoms with van der Waals surface area (Å²) in [5.41, 5.74) is 0.393. The van der Waals surface area contributed by atoms with Gasteiger partial charge in [0.2, 0.25) is 5.91 Å². The van der Waals surface area contributed by atoms with Crippen molar-refractivity contribution in [3.63, 3.8) is 0 Å². The number of amides is 1. The van der Waals surface area contributed by atoms with Crippen molar-refractivity contribution in [1.82, 2.24) is 10.2 Å². The minimum Gasteiger partial charge on any atom is -0.468 e. The van der Waals surface area contributed by atoms with Gasteiger partial charge in [-0.2, -0.15) is 0 Å². The van der Waals surface area contributed by atoms with E-state index in [1.165, 1.54) is 43.4 Å². The minimum atomic E-state index is 0.152. The van der Waals surface area contributed by atoms with E-state index >= 15 is 0 Å². The van der Waals surface area contributed by atoms with Crippen LogP contribution in [0.3, 0.4) is 0 Å². The van der Waals surface area contributed by atoms with Crippen LogP contribution in [0.25, 0.3) is 0 Å². The van der Waals surface area contributed by atoms with Crippen LogP contribution < -0.4 is 5.32 Å². The van der Waals surface area contributed by atoms with Crippen molar-refractivity contribution in [2.45, 2.75) is 51.6 Å². The number of furan rings is 1. The van der Waals surface area contributed by atoms with Gasteiger partial charge in [-0.05, 0) is 85.3 Å². The van der Waals surface area contributed by atoms with Crippen LogP contribution >= 0.6 is 11.3 Å². The molecule has 4 fully saturated rings. The fourth-order valence-electron chi connectivity index (χ4n) is 6.47. The lowest BCUT2D eigenvalue weighted by atomic mass is 9.49. The standard InChI is InChI=1S/C23H30N2O2S/c26-22(24-16-23-10-17-7-18(11-23)9-19(8-17)12-23)15-25(13-20-3-1-5-27-20)14-21-4-2-6-28-21/h1-6,17-19H,7-16H2,(H,24,26). The Morgan fingerprint density at radius 3 is 2.46 bits per heavy atom. The highest BCUT2D eigenvalue weighted by Crippen LogP contribution is 2.59. The first-order valence-electron chi connectivity index (χ1n) is 10.7. The first kappa shape index (κ1) is 18.4. The molecule has 4 bridgehead atoms. The molecule has 0 spiro atoms. The maximum absolute atomic E-state index is 12.8. The average molecular weight is 399 g/mol. The third kappa shape index (κ3) is 4.06. The summed E-state index contributed by atoms with van der Waals surface area (Å²) in [4.78, 5) is 16.3. The molecule has 2 aromatic heterocycles. The van der Waals surface area contributed by atoms with Crippen LogP contribution in [0.1, 0.15) is 49.2 Å². The largest absolute Gasteiger partial charge is 0.468 e. The third-order valence-corrected chi connectivity index (χ3v) is 7.97. The van der Waals surface area contributed by atoms with E-state index in [1.54, 1.807) is 17.6 Å². The van der Waals surface area contributed by atoms with Gasteiger partial charge in [-0.1, -0.05) is 6.07 Å². The summed E-state index contributed by atoms with van der Waals surface area (Å²) < 4.78 is 5.52. The van der Waals surface area contributed by atoms with Crippen LogP contribution in [-0.4, -0.2) is 23.9 Å². The SMILES string of the molecule is O=C(CN(Cc1ccco1)Cc1cccs1)NCC12CC3CC(CC(C3)C1)C2. The molecule has 0 aliphatic heterocycles. The fraction of sp³-hybridized carbons (Fsp3) is 0.609.